The third-order valence-corrected chi connectivity index (χ3v) is 3.69. The third kappa shape index (κ3) is 4.14. The van der Waals surface area contributed by atoms with Crippen LogP contribution < -0.4 is 5.32 Å². The summed E-state index contributed by atoms with van der Waals surface area (Å²) in [6, 6.07) is 6.25. The predicted octanol–water partition coefficient (Wildman–Crippen LogP) is 1.87. The molecule has 0 aliphatic heterocycles. The maximum Gasteiger partial charge on any atom is 0.252 e. The Morgan fingerprint density at radius 2 is 1.89 bits per heavy atom. The molecular formula is C13H19NO3S. The van der Waals surface area contributed by atoms with Crippen LogP contribution in [0.2, 0.25) is 0 Å². The molecule has 1 N–H and O–H groups in total. The Hall–Kier alpha value is -1.36. The fourth-order valence-electron chi connectivity index (χ4n) is 1.55. The van der Waals surface area contributed by atoms with E-state index in [1.54, 1.807) is 12.1 Å². The van der Waals surface area contributed by atoms with E-state index in [-0.39, 0.29) is 16.4 Å². The molecule has 1 amide bonds. The molecule has 0 saturated carbocycles. The van der Waals surface area contributed by atoms with Crippen LogP contribution in [0.15, 0.2) is 29.2 Å². The van der Waals surface area contributed by atoms with E-state index in [0.29, 0.717) is 12.5 Å². The Morgan fingerprint density at radius 1 is 1.28 bits per heavy atom. The monoisotopic (exact) mass is 269 g/mol. The van der Waals surface area contributed by atoms with E-state index in [2.05, 4.69) is 19.2 Å². The van der Waals surface area contributed by atoms with Gasteiger partial charge in [0.25, 0.3) is 5.91 Å². The van der Waals surface area contributed by atoms with Gasteiger partial charge in [0.2, 0.25) is 0 Å². The van der Waals surface area contributed by atoms with Crippen molar-refractivity contribution in [3.63, 3.8) is 0 Å². The van der Waals surface area contributed by atoms with E-state index in [0.717, 1.165) is 12.7 Å². The van der Waals surface area contributed by atoms with Crippen LogP contribution in [0.25, 0.3) is 0 Å². The van der Waals surface area contributed by atoms with Crippen LogP contribution in [-0.2, 0) is 9.84 Å². The lowest BCUT2D eigenvalue weighted by molar-refractivity contribution is 0.0948. The van der Waals surface area contributed by atoms with E-state index in [1.807, 2.05) is 0 Å². The normalized spacial score (nSPS) is 11.6. The number of hydrogen-bond donors (Lipinski definition) is 1. The molecule has 5 heteroatoms. The molecule has 0 fully saturated rings. The van der Waals surface area contributed by atoms with E-state index in [9.17, 15) is 13.2 Å². The van der Waals surface area contributed by atoms with Gasteiger partial charge in [-0.15, -0.1) is 0 Å². The lowest BCUT2D eigenvalue weighted by atomic mass is 10.1. The highest BCUT2D eigenvalue weighted by molar-refractivity contribution is 7.90. The van der Waals surface area contributed by atoms with Crippen molar-refractivity contribution in [3.05, 3.63) is 29.8 Å². The number of carbonyl (C=O) groups is 1. The topological polar surface area (TPSA) is 63.2 Å². The lowest BCUT2D eigenvalue weighted by Crippen LogP contribution is -2.26. The quantitative estimate of drug-likeness (QED) is 0.887. The van der Waals surface area contributed by atoms with Gasteiger partial charge in [0.05, 0.1) is 10.5 Å². The van der Waals surface area contributed by atoms with E-state index >= 15 is 0 Å². The minimum atomic E-state index is -3.38. The van der Waals surface area contributed by atoms with Gasteiger partial charge in [0, 0.05) is 12.8 Å². The first kappa shape index (κ1) is 14.7. The summed E-state index contributed by atoms with van der Waals surface area (Å²) >= 11 is 0. The maximum absolute atomic E-state index is 11.9. The summed E-state index contributed by atoms with van der Waals surface area (Å²) in [6.07, 6.45) is 1.97. The fraction of sp³-hybridized carbons (Fsp3) is 0.462. The molecule has 18 heavy (non-hydrogen) atoms. The first-order valence-electron chi connectivity index (χ1n) is 5.89. The standard InChI is InChI=1S/C13H19NO3S/c1-10(2)8-9-14-13(15)11-6-4-5-7-12(11)18(3,16)17/h4-7,10H,8-9H2,1-3H3,(H,14,15). The van der Waals surface area contributed by atoms with Crippen molar-refractivity contribution in [1.29, 1.82) is 0 Å². The maximum atomic E-state index is 11.9. The van der Waals surface area contributed by atoms with Crippen molar-refractivity contribution in [3.8, 4) is 0 Å². The SMILES string of the molecule is CC(C)CCNC(=O)c1ccccc1S(C)(=O)=O. The first-order chi connectivity index (χ1) is 8.32. The highest BCUT2D eigenvalue weighted by atomic mass is 32.2. The Balaban J connectivity index is 2.87. The molecule has 0 aliphatic carbocycles. The molecule has 0 spiro atoms. The first-order valence-corrected chi connectivity index (χ1v) is 7.79. The second kappa shape index (κ2) is 6.00. The molecule has 4 nitrogen and oxygen atoms in total. The fourth-order valence-corrected chi connectivity index (χ4v) is 2.43. The van der Waals surface area contributed by atoms with Crippen molar-refractivity contribution in [2.75, 3.05) is 12.8 Å². The number of nitrogens with one attached hydrogen (secondary N) is 1. The lowest BCUT2D eigenvalue weighted by Gasteiger charge is -2.09. The van der Waals surface area contributed by atoms with Gasteiger partial charge in [0.1, 0.15) is 0 Å². The van der Waals surface area contributed by atoms with Crippen molar-refractivity contribution < 1.29 is 13.2 Å². The van der Waals surface area contributed by atoms with Crippen molar-refractivity contribution in [2.24, 2.45) is 5.92 Å². The molecule has 0 aromatic heterocycles. The van der Waals surface area contributed by atoms with Gasteiger partial charge in [0.15, 0.2) is 9.84 Å². The Kier molecular flexibility index (Phi) is 4.90. The molecule has 1 aromatic rings. The molecule has 0 unspecified atom stereocenters. The highest BCUT2D eigenvalue weighted by Crippen LogP contribution is 2.15. The van der Waals surface area contributed by atoms with Gasteiger partial charge in [-0.3, -0.25) is 4.79 Å². The highest BCUT2D eigenvalue weighted by Gasteiger charge is 2.17. The second-order valence-corrected chi connectivity index (χ2v) is 6.69. The largest absolute Gasteiger partial charge is 0.352 e. The van der Waals surface area contributed by atoms with Crippen LogP contribution in [0.4, 0.5) is 0 Å². The molecule has 0 aliphatic rings. The number of amides is 1. The number of hydrogen-bond acceptors (Lipinski definition) is 3. The molecule has 0 bridgehead atoms. The number of rotatable bonds is 5. The summed E-state index contributed by atoms with van der Waals surface area (Å²) in [7, 11) is -3.38. The van der Waals surface area contributed by atoms with E-state index in [1.165, 1.54) is 12.1 Å². The summed E-state index contributed by atoms with van der Waals surface area (Å²) in [4.78, 5) is 12.0. The number of sulfone groups is 1. The molecule has 0 atom stereocenters. The average molecular weight is 269 g/mol. The van der Waals surface area contributed by atoms with Gasteiger partial charge < -0.3 is 5.32 Å². The summed E-state index contributed by atoms with van der Waals surface area (Å²) in [5.41, 5.74) is 0.212. The van der Waals surface area contributed by atoms with E-state index < -0.39 is 9.84 Å². The molecule has 0 saturated heterocycles. The molecular weight excluding hydrogens is 250 g/mol. The van der Waals surface area contributed by atoms with Gasteiger partial charge in [-0.1, -0.05) is 26.0 Å². The summed E-state index contributed by atoms with van der Waals surface area (Å²) in [5.74, 6) is 0.159. The van der Waals surface area contributed by atoms with Crippen molar-refractivity contribution >= 4 is 15.7 Å². The zero-order valence-corrected chi connectivity index (χ0v) is 11.8. The molecule has 100 valence electrons. The summed E-state index contributed by atoms with van der Waals surface area (Å²) in [6.45, 7) is 4.68. The van der Waals surface area contributed by atoms with Crippen molar-refractivity contribution in [2.45, 2.75) is 25.2 Å². The molecule has 0 heterocycles. The average Bonchev–Trinajstić information content (AvgIpc) is 2.27. The Bertz CT molecular complexity index is 521. The number of benzene rings is 1. The Labute approximate surface area is 108 Å². The molecule has 1 aromatic carbocycles. The van der Waals surface area contributed by atoms with Crippen LogP contribution >= 0.6 is 0 Å². The van der Waals surface area contributed by atoms with Crippen LogP contribution in [0.3, 0.4) is 0 Å². The second-order valence-electron chi connectivity index (χ2n) is 4.71. The van der Waals surface area contributed by atoms with E-state index in [4.69, 9.17) is 0 Å². The van der Waals surface area contributed by atoms with Crippen molar-refractivity contribution in [1.82, 2.24) is 5.32 Å². The minimum absolute atomic E-state index is 0.0760. The zero-order chi connectivity index (χ0) is 13.8. The van der Waals surface area contributed by atoms with Gasteiger partial charge in [-0.05, 0) is 24.5 Å². The summed E-state index contributed by atoms with van der Waals surface area (Å²) < 4.78 is 23.1. The molecule has 0 radical (unpaired) electrons. The zero-order valence-electron chi connectivity index (χ0n) is 10.9. The number of carbonyl (C=O) groups excluding carboxylic acids is 1. The smallest absolute Gasteiger partial charge is 0.252 e. The van der Waals surface area contributed by atoms with Crippen LogP contribution in [0.1, 0.15) is 30.6 Å². The Morgan fingerprint density at radius 3 is 2.44 bits per heavy atom. The molecule has 1 rings (SSSR count). The van der Waals surface area contributed by atoms with Gasteiger partial charge >= 0.3 is 0 Å². The third-order valence-electron chi connectivity index (χ3n) is 2.54. The minimum Gasteiger partial charge on any atom is -0.352 e. The summed E-state index contributed by atoms with van der Waals surface area (Å²) in [5, 5.41) is 2.74. The predicted molar refractivity (Wildman–Crippen MR) is 71.3 cm³/mol. The van der Waals surface area contributed by atoms with Crippen LogP contribution in [0, 0.1) is 5.92 Å². The van der Waals surface area contributed by atoms with Crippen LogP contribution in [-0.4, -0.2) is 27.1 Å². The van der Waals surface area contributed by atoms with Gasteiger partial charge in [-0.25, -0.2) is 8.42 Å². The van der Waals surface area contributed by atoms with Crippen LogP contribution in [0.5, 0.6) is 0 Å². The van der Waals surface area contributed by atoms with Gasteiger partial charge in [-0.2, -0.15) is 0 Å².